The SMILES string of the molecule is COc1ccccc1N(CC(=O)N1CCC2(CC1)OCCO2)C(C)=O. The van der Waals surface area contributed by atoms with Crippen molar-refractivity contribution >= 4 is 17.5 Å². The summed E-state index contributed by atoms with van der Waals surface area (Å²) in [5.41, 5.74) is 0.599. The second-order valence-electron chi connectivity index (χ2n) is 6.27. The Morgan fingerprint density at radius 2 is 1.84 bits per heavy atom. The topological polar surface area (TPSA) is 68.3 Å². The van der Waals surface area contributed by atoms with Gasteiger partial charge in [-0.05, 0) is 12.1 Å². The molecule has 1 spiro atoms. The van der Waals surface area contributed by atoms with Crippen LogP contribution in [-0.2, 0) is 19.1 Å². The molecule has 0 atom stereocenters. The highest BCUT2D eigenvalue weighted by Gasteiger charge is 2.41. The molecule has 136 valence electrons. The third-order valence-corrected chi connectivity index (χ3v) is 4.74. The van der Waals surface area contributed by atoms with Crippen LogP contribution in [0.4, 0.5) is 5.69 Å². The number of rotatable bonds is 4. The Morgan fingerprint density at radius 1 is 1.20 bits per heavy atom. The van der Waals surface area contributed by atoms with Gasteiger partial charge in [0.15, 0.2) is 5.79 Å². The number of piperidine rings is 1. The molecule has 7 nitrogen and oxygen atoms in total. The van der Waals surface area contributed by atoms with E-state index in [1.807, 2.05) is 12.1 Å². The first kappa shape index (κ1) is 17.7. The van der Waals surface area contributed by atoms with Gasteiger partial charge in [0.2, 0.25) is 11.8 Å². The first-order valence-electron chi connectivity index (χ1n) is 8.51. The number of hydrogen-bond donors (Lipinski definition) is 0. The number of para-hydroxylation sites is 2. The van der Waals surface area contributed by atoms with E-state index < -0.39 is 5.79 Å². The standard InChI is InChI=1S/C18H24N2O5/c1-14(21)20(15-5-3-4-6-16(15)23-2)13-17(22)19-9-7-18(8-10-19)24-11-12-25-18/h3-6H,7-13H2,1-2H3. The Labute approximate surface area is 147 Å². The second-order valence-corrected chi connectivity index (χ2v) is 6.27. The molecule has 7 heteroatoms. The second kappa shape index (κ2) is 7.41. The average molecular weight is 348 g/mol. The largest absolute Gasteiger partial charge is 0.495 e. The lowest BCUT2D eigenvalue weighted by Crippen LogP contribution is -2.50. The maximum atomic E-state index is 12.7. The number of methoxy groups -OCH3 is 1. The number of carbonyl (C=O) groups excluding carboxylic acids is 2. The minimum Gasteiger partial charge on any atom is -0.495 e. The highest BCUT2D eigenvalue weighted by Crippen LogP contribution is 2.32. The van der Waals surface area contributed by atoms with Gasteiger partial charge in [0.1, 0.15) is 12.3 Å². The molecule has 2 fully saturated rings. The molecule has 2 amide bonds. The van der Waals surface area contributed by atoms with E-state index in [2.05, 4.69) is 0 Å². The molecule has 1 aromatic carbocycles. The van der Waals surface area contributed by atoms with Crippen molar-refractivity contribution in [1.82, 2.24) is 4.90 Å². The number of carbonyl (C=O) groups is 2. The van der Waals surface area contributed by atoms with E-state index in [1.54, 1.807) is 24.1 Å². The van der Waals surface area contributed by atoms with Crippen molar-refractivity contribution in [2.45, 2.75) is 25.6 Å². The molecule has 0 unspecified atom stereocenters. The van der Waals surface area contributed by atoms with E-state index >= 15 is 0 Å². The summed E-state index contributed by atoms with van der Waals surface area (Å²) in [4.78, 5) is 28.0. The van der Waals surface area contributed by atoms with Gasteiger partial charge in [-0.15, -0.1) is 0 Å². The number of likely N-dealkylation sites (tertiary alicyclic amines) is 1. The summed E-state index contributed by atoms with van der Waals surface area (Å²) >= 11 is 0. The Hall–Kier alpha value is -2.12. The van der Waals surface area contributed by atoms with Crippen LogP contribution in [0.5, 0.6) is 5.75 Å². The predicted molar refractivity (Wildman–Crippen MR) is 91.5 cm³/mol. The summed E-state index contributed by atoms with van der Waals surface area (Å²) in [6.07, 6.45) is 1.32. The Bertz CT molecular complexity index is 632. The molecule has 2 heterocycles. The Morgan fingerprint density at radius 3 is 2.44 bits per heavy atom. The van der Waals surface area contributed by atoms with E-state index in [9.17, 15) is 9.59 Å². The molecule has 2 aliphatic heterocycles. The molecule has 1 aromatic rings. The number of anilines is 1. The van der Waals surface area contributed by atoms with Crippen LogP contribution in [0.15, 0.2) is 24.3 Å². The lowest BCUT2D eigenvalue weighted by Gasteiger charge is -2.38. The summed E-state index contributed by atoms with van der Waals surface area (Å²) < 4.78 is 16.7. The third kappa shape index (κ3) is 3.77. The van der Waals surface area contributed by atoms with E-state index in [4.69, 9.17) is 14.2 Å². The quantitative estimate of drug-likeness (QED) is 0.823. The molecule has 25 heavy (non-hydrogen) atoms. The molecule has 2 aliphatic rings. The van der Waals surface area contributed by atoms with Crippen molar-refractivity contribution in [1.29, 1.82) is 0 Å². The number of nitrogens with zero attached hydrogens (tertiary/aromatic N) is 2. The fraction of sp³-hybridized carbons (Fsp3) is 0.556. The van der Waals surface area contributed by atoms with E-state index in [0.29, 0.717) is 50.6 Å². The normalized spacial score (nSPS) is 19.0. The molecule has 3 rings (SSSR count). The highest BCUT2D eigenvalue weighted by atomic mass is 16.7. The minimum absolute atomic E-state index is 0.00950. The van der Waals surface area contributed by atoms with Crippen molar-refractivity contribution in [3.8, 4) is 5.75 Å². The summed E-state index contributed by atoms with van der Waals surface area (Å²) in [6.45, 7) is 3.79. The fourth-order valence-electron chi connectivity index (χ4n) is 3.34. The maximum Gasteiger partial charge on any atom is 0.242 e. The van der Waals surface area contributed by atoms with E-state index in [1.165, 1.54) is 11.8 Å². The third-order valence-electron chi connectivity index (χ3n) is 4.74. The van der Waals surface area contributed by atoms with Crippen molar-refractivity contribution in [2.24, 2.45) is 0 Å². The van der Waals surface area contributed by atoms with Crippen molar-refractivity contribution in [3.05, 3.63) is 24.3 Å². The molecule has 2 saturated heterocycles. The monoisotopic (exact) mass is 348 g/mol. The zero-order chi connectivity index (χ0) is 17.9. The summed E-state index contributed by atoms with van der Waals surface area (Å²) in [6, 6.07) is 7.19. The Kier molecular flexibility index (Phi) is 5.24. The van der Waals surface area contributed by atoms with Gasteiger partial charge in [-0.25, -0.2) is 0 Å². The van der Waals surface area contributed by atoms with Gasteiger partial charge in [0.05, 0.1) is 26.0 Å². The zero-order valence-electron chi connectivity index (χ0n) is 14.7. The highest BCUT2D eigenvalue weighted by molar-refractivity contribution is 5.98. The minimum atomic E-state index is -0.514. The molecule has 0 bridgehead atoms. The van der Waals surface area contributed by atoms with Crippen LogP contribution >= 0.6 is 0 Å². The molecular formula is C18H24N2O5. The lowest BCUT2D eigenvalue weighted by atomic mass is 10.0. The first-order valence-corrected chi connectivity index (χ1v) is 8.51. The molecule has 0 aliphatic carbocycles. The van der Waals surface area contributed by atoms with Crippen LogP contribution in [0, 0.1) is 0 Å². The van der Waals surface area contributed by atoms with Crippen LogP contribution in [0.2, 0.25) is 0 Å². The molecule has 0 saturated carbocycles. The molecule has 0 aromatic heterocycles. The number of hydrogen-bond acceptors (Lipinski definition) is 5. The summed E-state index contributed by atoms with van der Waals surface area (Å²) in [5, 5.41) is 0. The number of ether oxygens (including phenoxy) is 3. The van der Waals surface area contributed by atoms with Crippen LogP contribution in [-0.4, -0.2) is 62.5 Å². The zero-order valence-corrected chi connectivity index (χ0v) is 14.7. The first-order chi connectivity index (χ1) is 12.0. The number of benzene rings is 1. The molecule has 0 radical (unpaired) electrons. The van der Waals surface area contributed by atoms with Crippen LogP contribution < -0.4 is 9.64 Å². The van der Waals surface area contributed by atoms with Gasteiger partial charge in [-0.3, -0.25) is 14.5 Å². The summed E-state index contributed by atoms with van der Waals surface area (Å²) in [7, 11) is 1.55. The van der Waals surface area contributed by atoms with Gasteiger partial charge in [-0.1, -0.05) is 12.1 Å². The van der Waals surface area contributed by atoms with Gasteiger partial charge in [-0.2, -0.15) is 0 Å². The van der Waals surface area contributed by atoms with Crippen molar-refractivity contribution in [3.63, 3.8) is 0 Å². The van der Waals surface area contributed by atoms with Crippen LogP contribution in [0.1, 0.15) is 19.8 Å². The van der Waals surface area contributed by atoms with Crippen LogP contribution in [0.3, 0.4) is 0 Å². The molecular weight excluding hydrogens is 324 g/mol. The smallest absolute Gasteiger partial charge is 0.242 e. The Balaban J connectivity index is 1.66. The predicted octanol–water partition coefficient (Wildman–Crippen LogP) is 1.41. The van der Waals surface area contributed by atoms with Gasteiger partial charge < -0.3 is 19.1 Å². The van der Waals surface area contributed by atoms with Gasteiger partial charge >= 0.3 is 0 Å². The summed E-state index contributed by atoms with van der Waals surface area (Å²) in [5.74, 6) is -0.238. The lowest BCUT2D eigenvalue weighted by molar-refractivity contribution is -0.187. The van der Waals surface area contributed by atoms with Crippen molar-refractivity contribution in [2.75, 3.05) is 44.9 Å². The molecule has 0 N–H and O–H groups in total. The average Bonchev–Trinajstić information content (AvgIpc) is 3.08. The van der Waals surface area contributed by atoms with Gasteiger partial charge in [0, 0.05) is 32.9 Å². The number of amides is 2. The fourth-order valence-corrected chi connectivity index (χ4v) is 3.34. The van der Waals surface area contributed by atoms with Crippen LogP contribution in [0.25, 0.3) is 0 Å². The van der Waals surface area contributed by atoms with Gasteiger partial charge in [0.25, 0.3) is 0 Å². The van der Waals surface area contributed by atoms with E-state index in [-0.39, 0.29) is 18.4 Å². The van der Waals surface area contributed by atoms with Crippen molar-refractivity contribution < 1.29 is 23.8 Å². The maximum absolute atomic E-state index is 12.7. The van der Waals surface area contributed by atoms with E-state index in [0.717, 1.165) is 0 Å².